The molecular formula is C13H17FN2O. The highest BCUT2D eigenvalue weighted by molar-refractivity contribution is 5.89. The van der Waals surface area contributed by atoms with Gasteiger partial charge in [-0.25, -0.2) is 9.18 Å². The number of carbonyl (C=O) groups excluding carboxylic acids is 1. The van der Waals surface area contributed by atoms with Gasteiger partial charge in [0.1, 0.15) is 5.82 Å². The first kappa shape index (κ1) is 11.9. The number of rotatable bonds is 1. The second-order valence-corrected chi connectivity index (χ2v) is 4.46. The first-order valence-corrected chi connectivity index (χ1v) is 5.99. The van der Waals surface area contributed by atoms with E-state index in [9.17, 15) is 9.18 Å². The van der Waals surface area contributed by atoms with Crippen molar-refractivity contribution < 1.29 is 9.18 Å². The van der Waals surface area contributed by atoms with E-state index in [1.807, 2.05) is 6.92 Å². The molecule has 3 nitrogen and oxygen atoms in total. The molecule has 0 aromatic heterocycles. The molecule has 1 aromatic rings. The quantitative estimate of drug-likeness (QED) is 0.798. The van der Waals surface area contributed by atoms with Crippen molar-refractivity contribution in [3.8, 4) is 0 Å². The number of hydrogen-bond donors (Lipinski definition) is 1. The fourth-order valence-corrected chi connectivity index (χ4v) is 2.03. The average molecular weight is 236 g/mol. The van der Waals surface area contributed by atoms with Gasteiger partial charge in [-0.2, -0.15) is 0 Å². The summed E-state index contributed by atoms with van der Waals surface area (Å²) in [5, 5.41) is 2.63. The monoisotopic (exact) mass is 236 g/mol. The molecule has 4 heteroatoms. The van der Waals surface area contributed by atoms with E-state index in [0.29, 0.717) is 0 Å². The number of likely N-dealkylation sites (tertiary alicyclic amines) is 1. The highest BCUT2D eigenvalue weighted by Crippen LogP contribution is 2.17. The van der Waals surface area contributed by atoms with Gasteiger partial charge in [0.2, 0.25) is 0 Å². The molecular weight excluding hydrogens is 219 g/mol. The van der Waals surface area contributed by atoms with Crippen LogP contribution in [0.1, 0.15) is 24.8 Å². The van der Waals surface area contributed by atoms with Gasteiger partial charge in [0.25, 0.3) is 0 Å². The molecule has 1 aliphatic rings. The smallest absolute Gasteiger partial charge is 0.321 e. The third-order valence-electron chi connectivity index (χ3n) is 3.01. The number of halogens is 1. The lowest BCUT2D eigenvalue weighted by molar-refractivity contribution is 0.200. The van der Waals surface area contributed by atoms with Crippen LogP contribution in [-0.2, 0) is 0 Å². The Morgan fingerprint density at radius 1 is 1.29 bits per heavy atom. The highest BCUT2D eigenvalue weighted by Gasteiger charge is 2.17. The number of aryl methyl sites for hydroxylation is 1. The number of anilines is 1. The van der Waals surface area contributed by atoms with Crippen LogP contribution >= 0.6 is 0 Å². The topological polar surface area (TPSA) is 32.3 Å². The Morgan fingerprint density at radius 2 is 2.00 bits per heavy atom. The largest absolute Gasteiger partial charge is 0.325 e. The van der Waals surface area contributed by atoms with Gasteiger partial charge in [-0.1, -0.05) is 6.07 Å². The predicted molar refractivity (Wildman–Crippen MR) is 65.6 cm³/mol. The second-order valence-electron chi connectivity index (χ2n) is 4.46. The summed E-state index contributed by atoms with van der Waals surface area (Å²) in [7, 11) is 0. The Hall–Kier alpha value is -1.58. The Labute approximate surface area is 101 Å². The van der Waals surface area contributed by atoms with E-state index >= 15 is 0 Å². The summed E-state index contributed by atoms with van der Waals surface area (Å²) in [5.74, 6) is -0.388. The Morgan fingerprint density at radius 3 is 2.71 bits per heavy atom. The van der Waals surface area contributed by atoms with Crippen molar-refractivity contribution >= 4 is 11.7 Å². The zero-order chi connectivity index (χ0) is 12.3. The molecule has 1 aromatic carbocycles. The van der Waals surface area contributed by atoms with E-state index in [0.717, 1.165) is 31.5 Å². The minimum Gasteiger partial charge on any atom is -0.325 e. The van der Waals surface area contributed by atoms with Crippen LogP contribution in [0.25, 0.3) is 0 Å². The second kappa shape index (κ2) is 5.17. The minimum atomic E-state index is -0.388. The molecule has 0 aliphatic carbocycles. The van der Waals surface area contributed by atoms with Crippen molar-refractivity contribution in [3.05, 3.63) is 29.6 Å². The van der Waals surface area contributed by atoms with Crippen molar-refractivity contribution in [2.75, 3.05) is 18.4 Å². The van der Waals surface area contributed by atoms with E-state index in [1.165, 1.54) is 12.5 Å². The van der Waals surface area contributed by atoms with E-state index in [4.69, 9.17) is 0 Å². The molecule has 92 valence electrons. The lowest BCUT2D eigenvalue weighted by Crippen LogP contribution is -2.38. The Kier molecular flexibility index (Phi) is 3.61. The van der Waals surface area contributed by atoms with Gasteiger partial charge < -0.3 is 10.2 Å². The van der Waals surface area contributed by atoms with Gasteiger partial charge in [-0.3, -0.25) is 0 Å². The van der Waals surface area contributed by atoms with E-state index in [1.54, 1.807) is 17.0 Å². The summed E-state index contributed by atoms with van der Waals surface area (Å²) in [5.41, 5.74) is 1.20. The summed E-state index contributed by atoms with van der Waals surface area (Å²) in [6, 6.07) is 4.51. The van der Waals surface area contributed by atoms with Crippen molar-refractivity contribution in [1.29, 1.82) is 0 Å². The molecule has 0 unspecified atom stereocenters. The maximum absolute atomic E-state index is 13.5. The summed E-state index contributed by atoms with van der Waals surface area (Å²) in [6.07, 6.45) is 3.23. The van der Waals surface area contributed by atoms with Crippen LogP contribution in [-0.4, -0.2) is 24.0 Å². The third-order valence-corrected chi connectivity index (χ3v) is 3.01. The first-order valence-electron chi connectivity index (χ1n) is 5.99. The molecule has 0 bridgehead atoms. The molecule has 0 spiro atoms. The number of hydrogen-bond acceptors (Lipinski definition) is 1. The van der Waals surface area contributed by atoms with Gasteiger partial charge in [0, 0.05) is 13.1 Å². The number of carbonyl (C=O) groups is 1. The summed E-state index contributed by atoms with van der Waals surface area (Å²) >= 11 is 0. The van der Waals surface area contributed by atoms with Gasteiger partial charge in [0.15, 0.2) is 0 Å². The van der Waals surface area contributed by atoms with Crippen LogP contribution in [0.5, 0.6) is 0 Å². The molecule has 1 heterocycles. The van der Waals surface area contributed by atoms with Crippen LogP contribution in [0, 0.1) is 12.7 Å². The fraction of sp³-hybridized carbons (Fsp3) is 0.462. The van der Waals surface area contributed by atoms with Gasteiger partial charge in [-0.15, -0.1) is 0 Å². The summed E-state index contributed by atoms with van der Waals surface area (Å²) in [6.45, 7) is 3.40. The van der Waals surface area contributed by atoms with Crippen LogP contribution < -0.4 is 5.32 Å². The van der Waals surface area contributed by atoms with Crippen molar-refractivity contribution in [3.63, 3.8) is 0 Å². The molecule has 2 amide bonds. The highest BCUT2D eigenvalue weighted by atomic mass is 19.1. The fourth-order valence-electron chi connectivity index (χ4n) is 2.03. The summed E-state index contributed by atoms with van der Waals surface area (Å²) < 4.78 is 13.5. The zero-order valence-electron chi connectivity index (χ0n) is 10.0. The molecule has 1 fully saturated rings. The molecule has 0 saturated carbocycles. The van der Waals surface area contributed by atoms with Crippen LogP contribution in [0.4, 0.5) is 14.9 Å². The van der Waals surface area contributed by atoms with Crippen LogP contribution in [0.2, 0.25) is 0 Å². The van der Waals surface area contributed by atoms with E-state index in [-0.39, 0.29) is 17.5 Å². The number of piperidine rings is 1. The Bertz CT molecular complexity index is 414. The predicted octanol–water partition coefficient (Wildman–Crippen LogP) is 3.15. The maximum Gasteiger partial charge on any atom is 0.321 e. The standard InChI is InChI=1S/C13H17FN2O/c1-10-5-6-11(14)12(9-10)15-13(17)16-7-3-2-4-8-16/h5-6,9H,2-4,7-8H2,1H3,(H,15,17). The number of nitrogens with one attached hydrogen (secondary N) is 1. The summed E-state index contributed by atoms with van der Waals surface area (Å²) in [4.78, 5) is 13.6. The number of amides is 2. The lowest BCUT2D eigenvalue weighted by atomic mass is 10.1. The average Bonchev–Trinajstić information content (AvgIpc) is 2.35. The molecule has 1 N–H and O–H groups in total. The normalized spacial score (nSPS) is 15.8. The molecule has 0 radical (unpaired) electrons. The lowest BCUT2D eigenvalue weighted by Gasteiger charge is -2.26. The van der Waals surface area contributed by atoms with Crippen molar-refractivity contribution in [1.82, 2.24) is 4.90 Å². The third kappa shape index (κ3) is 2.96. The number of urea groups is 1. The van der Waals surface area contributed by atoms with Gasteiger partial charge in [-0.05, 0) is 43.9 Å². The van der Waals surface area contributed by atoms with Gasteiger partial charge in [0.05, 0.1) is 5.69 Å². The Balaban J connectivity index is 2.04. The number of benzene rings is 1. The molecule has 17 heavy (non-hydrogen) atoms. The first-order chi connectivity index (χ1) is 8.16. The van der Waals surface area contributed by atoms with Crippen molar-refractivity contribution in [2.45, 2.75) is 26.2 Å². The molecule has 1 saturated heterocycles. The van der Waals surface area contributed by atoms with Gasteiger partial charge >= 0.3 is 6.03 Å². The molecule has 1 aliphatic heterocycles. The number of nitrogens with zero attached hydrogens (tertiary/aromatic N) is 1. The molecule has 2 rings (SSSR count). The zero-order valence-corrected chi connectivity index (χ0v) is 10.0. The van der Waals surface area contributed by atoms with Crippen LogP contribution in [0.15, 0.2) is 18.2 Å². The van der Waals surface area contributed by atoms with Crippen LogP contribution in [0.3, 0.4) is 0 Å². The van der Waals surface area contributed by atoms with E-state index in [2.05, 4.69) is 5.32 Å². The minimum absolute atomic E-state index is 0.200. The van der Waals surface area contributed by atoms with E-state index < -0.39 is 0 Å². The maximum atomic E-state index is 13.5. The SMILES string of the molecule is Cc1ccc(F)c(NC(=O)N2CCCCC2)c1. The van der Waals surface area contributed by atoms with Crippen molar-refractivity contribution in [2.24, 2.45) is 0 Å². The molecule has 0 atom stereocenters.